The van der Waals surface area contributed by atoms with Crippen molar-refractivity contribution in [2.75, 3.05) is 13.2 Å². The Bertz CT molecular complexity index is 617. The van der Waals surface area contributed by atoms with Crippen molar-refractivity contribution in [3.05, 3.63) is 33.8 Å². The van der Waals surface area contributed by atoms with Gasteiger partial charge in [-0.2, -0.15) is 0 Å². The predicted octanol–water partition coefficient (Wildman–Crippen LogP) is 3.84. The van der Waals surface area contributed by atoms with E-state index in [0.717, 1.165) is 12.8 Å². The Morgan fingerprint density at radius 3 is 2.71 bits per heavy atom. The number of Topliss-reactive ketones (excluding diaryl/α,β-unsaturated/α-hetero) is 1. The van der Waals surface area contributed by atoms with Gasteiger partial charge in [0, 0.05) is 22.4 Å². The van der Waals surface area contributed by atoms with Crippen molar-refractivity contribution in [3.63, 3.8) is 0 Å². The van der Waals surface area contributed by atoms with Crippen LogP contribution in [0.1, 0.15) is 38.2 Å². The molecule has 2 atom stereocenters. The van der Waals surface area contributed by atoms with Crippen molar-refractivity contribution >= 4 is 35.0 Å². The first-order valence-electron chi connectivity index (χ1n) is 8.19. The van der Waals surface area contributed by atoms with Gasteiger partial charge in [0.1, 0.15) is 11.2 Å². The van der Waals surface area contributed by atoms with Crippen LogP contribution in [-0.4, -0.2) is 30.1 Å². The third-order valence-corrected chi connectivity index (χ3v) is 5.35. The van der Waals surface area contributed by atoms with Gasteiger partial charge in [0.2, 0.25) is 0 Å². The van der Waals surface area contributed by atoms with Gasteiger partial charge in [0.05, 0.1) is 13.2 Å². The van der Waals surface area contributed by atoms with E-state index in [1.807, 2.05) is 0 Å². The minimum absolute atomic E-state index is 0.0963. The van der Waals surface area contributed by atoms with Crippen LogP contribution in [0.2, 0.25) is 10.0 Å². The second-order valence-electron chi connectivity index (χ2n) is 6.21. The molecule has 0 radical (unpaired) electrons. The SMILES string of the molecule is CCOC(=O)C1(CO)CCCCC1C(=O)Cc1ccc(Cl)cc1Cl. The van der Waals surface area contributed by atoms with Crippen LogP contribution in [0.5, 0.6) is 0 Å². The Morgan fingerprint density at radius 2 is 2.08 bits per heavy atom. The van der Waals surface area contributed by atoms with Crippen molar-refractivity contribution in [2.24, 2.45) is 11.3 Å². The second-order valence-corrected chi connectivity index (χ2v) is 7.06. The van der Waals surface area contributed by atoms with E-state index in [9.17, 15) is 14.7 Å². The number of carbonyl (C=O) groups excluding carboxylic acids is 2. The highest BCUT2D eigenvalue weighted by atomic mass is 35.5. The molecular formula is C18H22Cl2O4. The molecule has 1 fully saturated rings. The zero-order valence-electron chi connectivity index (χ0n) is 13.7. The Balaban J connectivity index is 2.25. The van der Waals surface area contributed by atoms with E-state index >= 15 is 0 Å². The first kappa shape index (κ1) is 19.2. The monoisotopic (exact) mass is 372 g/mol. The molecule has 2 unspecified atom stereocenters. The lowest BCUT2D eigenvalue weighted by Crippen LogP contribution is -2.48. The molecule has 0 bridgehead atoms. The topological polar surface area (TPSA) is 63.6 Å². The average Bonchev–Trinajstić information content (AvgIpc) is 2.57. The highest BCUT2D eigenvalue weighted by molar-refractivity contribution is 6.35. The highest BCUT2D eigenvalue weighted by Crippen LogP contribution is 2.43. The molecule has 0 heterocycles. The maximum absolute atomic E-state index is 12.9. The molecular weight excluding hydrogens is 351 g/mol. The van der Waals surface area contributed by atoms with Crippen molar-refractivity contribution in [3.8, 4) is 0 Å². The molecule has 6 heteroatoms. The van der Waals surface area contributed by atoms with Gasteiger partial charge in [0.15, 0.2) is 0 Å². The standard InChI is InChI=1S/C18H22Cl2O4/c1-2-24-17(23)18(11-21)8-4-3-5-14(18)16(22)9-12-6-7-13(19)10-15(12)20/h6-7,10,14,21H,2-5,8-9,11H2,1H3. The fourth-order valence-electron chi connectivity index (χ4n) is 3.46. The number of aliphatic hydroxyl groups excluding tert-OH is 1. The average molecular weight is 373 g/mol. The number of aliphatic hydroxyl groups is 1. The summed E-state index contributed by atoms with van der Waals surface area (Å²) < 4.78 is 5.15. The molecule has 132 valence electrons. The quantitative estimate of drug-likeness (QED) is 0.770. The van der Waals surface area contributed by atoms with Crippen molar-refractivity contribution in [1.29, 1.82) is 0 Å². The molecule has 1 aromatic carbocycles. The van der Waals surface area contributed by atoms with Crippen LogP contribution in [0.15, 0.2) is 18.2 Å². The molecule has 0 aliphatic heterocycles. The van der Waals surface area contributed by atoms with Gasteiger partial charge in [-0.15, -0.1) is 0 Å². The molecule has 0 spiro atoms. The Hall–Kier alpha value is -1.10. The summed E-state index contributed by atoms with van der Waals surface area (Å²) in [6.07, 6.45) is 2.80. The highest BCUT2D eigenvalue weighted by Gasteiger charge is 2.50. The van der Waals surface area contributed by atoms with Gasteiger partial charge in [0.25, 0.3) is 0 Å². The van der Waals surface area contributed by atoms with Gasteiger partial charge in [-0.1, -0.05) is 42.1 Å². The summed E-state index contributed by atoms with van der Waals surface area (Å²) >= 11 is 12.0. The van der Waals surface area contributed by atoms with Crippen LogP contribution in [0.4, 0.5) is 0 Å². The van der Waals surface area contributed by atoms with Gasteiger partial charge in [-0.05, 0) is 37.5 Å². The van der Waals surface area contributed by atoms with Crippen molar-refractivity contribution in [2.45, 2.75) is 39.0 Å². The largest absolute Gasteiger partial charge is 0.465 e. The summed E-state index contributed by atoms with van der Waals surface area (Å²) in [5.41, 5.74) is -0.461. The third kappa shape index (κ3) is 3.93. The number of benzene rings is 1. The number of rotatable bonds is 6. The van der Waals surface area contributed by atoms with Crippen LogP contribution >= 0.6 is 23.2 Å². The minimum atomic E-state index is -1.13. The second kappa shape index (κ2) is 8.32. The number of esters is 1. The first-order valence-corrected chi connectivity index (χ1v) is 8.95. The fraction of sp³-hybridized carbons (Fsp3) is 0.556. The normalized spacial score (nSPS) is 23.8. The van der Waals surface area contributed by atoms with E-state index in [2.05, 4.69) is 0 Å². The fourth-order valence-corrected chi connectivity index (χ4v) is 3.93. The summed E-state index contributed by atoms with van der Waals surface area (Å²) in [5.74, 6) is -1.13. The smallest absolute Gasteiger partial charge is 0.315 e. The molecule has 4 nitrogen and oxygen atoms in total. The summed E-state index contributed by atoms with van der Waals surface area (Å²) in [6.45, 7) is 1.57. The Labute approximate surface area is 152 Å². The number of ketones is 1. The van der Waals surface area contributed by atoms with Gasteiger partial charge in [-0.3, -0.25) is 9.59 Å². The van der Waals surface area contributed by atoms with E-state index in [1.54, 1.807) is 25.1 Å². The summed E-state index contributed by atoms with van der Waals surface area (Å²) in [4.78, 5) is 25.3. The van der Waals surface area contributed by atoms with Crippen LogP contribution in [0.3, 0.4) is 0 Å². The lowest BCUT2D eigenvalue weighted by Gasteiger charge is -2.39. The molecule has 1 aliphatic rings. The van der Waals surface area contributed by atoms with Crippen LogP contribution < -0.4 is 0 Å². The lowest BCUT2D eigenvalue weighted by molar-refractivity contribution is -0.168. The number of hydrogen-bond donors (Lipinski definition) is 1. The third-order valence-electron chi connectivity index (χ3n) is 4.77. The van der Waals surface area contributed by atoms with Crippen LogP contribution in [0.25, 0.3) is 0 Å². The molecule has 1 aromatic rings. The molecule has 1 N–H and O–H groups in total. The Kier molecular flexibility index (Phi) is 6.67. The lowest BCUT2D eigenvalue weighted by atomic mass is 9.64. The minimum Gasteiger partial charge on any atom is -0.465 e. The van der Waals surface area contributed by atoms with E-state index in [-0.39, 0.29) is 25.4 Å². The molecule has 0 amide bonds. The van der Waals surface area contributed by atoms with Crippen molar-refractivity contribution in [1.82, 2.24) is 0 Å². The van der Waals surface area contributed by atoms with E-state index in [4.69, 9.17) is 27.9 Å². The summed E-state index contributed by atoms with van der Waals surface area (Å²) in [7, 11) is 0. The maximum atomic E-state index is 12.9. The number of hydrogen-bond acceptors (Lipinski definition) is 4. The first-order chi connectivity index (χ1) is 11.4. The van der Waals surface area contributed by atoms with Crippen LogP contribution in [-0.2, 0) is 20.7 Å². The molecule has 1 saturated carbocycles. The number of carbonyl (C=O) groups is 2. The molecule has 0 saturated heterocycles. The maximum Gasteiger partial charge on any atom is 0.315 e. The van der Waals surface area contributed by atoms with Crippen LogP contribution in [0, 0.1) is 11.3 Å². The predicted molar refractivity (Wildman–Crippen MR) is 93.3 cm³/mol. The Morgan fingerprint density at radius 1 is 1.33 bits per heavy atom. The molecule has 24 heavy (non-hydrogen) atoms. The zero-order chi connectivity index (χ0) is 17.7. The van der Waals surface area contributed by atoms with E-state index in [0.29, 0.717) is 28.5 Å². The molecule has 1 aliphatic carbocycles. The summed E-state index contributed by atoms with van der Waals surface area (Å²) in [6, 6.07) is 5.00. The van der Waals surface area contributed by atoms with Crippen molar-refractivity contribution < 1.29 is 19.4 Å². The zero-order valence-corrected chi connectivity index (χ0v) is 15.2. The summed E-state index contributed by atoms with van der Waals surface area (Å²) in [5, 5.41) is 10.9. The number of ether oxygens (including phenoxy) is 1. The van der Waals surface area contributed by atoms with E-state index in [1.165, 1.54) is 0 Å². The molecule has 0 aromatic heterocycles. The molecule has 2 rings (SSSR count). The van der Waals surface area contributed by atoms with Gasteiger partial charge in [-0.25, -0.2) is 0 Å². The van der Waals surface area contributed by atoms with Gasteiger partial charge < -0.3 is 9.84 Å². The van der Waals surface area contributed by atoms with Gasteiger partial charge >= 0.3 is 5.97 Å². The number of halogens is 2. The van der Waals surface area contributed by atoms with E-state index < -0.39 is 17.3 Å².